The van der Waals surface area contributed by atoms with Crippen LogP contribution in [0.5, 0.6) is 0 Å². The van der Waals surface area contributed by atoms with Crippen molar-refractivity contribution in [2.75, 3.05) is 5.32 Å². The molecule has 0 atom stereocenters. The largest absolute Gasteiger partial charge is 0.481 e. The summed E-state index contributed by atoms with van der Waals surface area (Å²) in [6.45, 7) is 10.5. The third kappa shape index (κ3) is 4.31. The minimum atomic E-state index is -0.808. The lowest BCUT2D eigenvalue weighted by atomic mass is 9.79. The van der Waals surface area contributed by atoms with Gasteiger partial charge in [0, 0.05) is 11.9 Å². The highest BCUT2D eigenvalue weighted by molar-refractivity contribution is 5.73. The number of aromatic nitrogens is 2. The van der Waals surface area contributed by atoms with Gasteiger partial charge in [0.05, 0.1) is 6.42 Å². The number of nitrogens with one attached hydrogen (secondary N) is 1. The quantitative estimate of drug-likeness (QED) is 0.858. The molecule has 0 spiro atoms. The zero-order chi connectivity index (χ0) is 17.9. The smallest absolute Gasteiger partial charge is 0.307 e. The Morgan fingerprint density at radius 2 is 2.00 bits per heavy atom. The third-order valence-electron chi connectivity index (χ3n) is 3.89. The average Bonchev–Trinajstić information content (AvgIpc) is 2.47. The summed E-state index contributed by atoms with van der Waals surface area (Å²) >= 11 is 0. The second-order valence-electron chi connectivity index (χ2n) is 7.30. The van der Waals surface area contributed by atoms with Crippen LogP contribution in [0, 0.1) is 0 Å². The van der Waals surface area contributed by atoms with Gasteiger partial charge in [0.15, 0.2) is 5.82 Å². The number of hydrogen-bond acceptors (Lipinski definition) is 4. The van der Waals surface area contributed by atoms with Crippen molar-refractivity contribution in [1.29, 1.82) is 0 Å². The van der Waals surface area contributed by atoms with Crippen LogP contribution in [0.25, 0.3) is 0 Å². The van der Waals surface area contributed by atoms with Crippen LogP contribution >= 0.6 is 0 Å². The van der Waals surface area contributed by atoms with E-state index < -0.39 is 5.97 Å². The molecule has 0 fully saturated rings. The Hall–Kier alpha value is -2.43. The molecule has 128 valence electrons. The molecule has 2 N–H and O–H groups in total. The molecule has 24 heavy (non-hydrogen) atoms. The summed E-state index contributed by atoms with van der Waals surface area (Å²) in [7, 11) is 0. The molecule has 0 radical (unpaired) electrons. The first kappa shape index (κ1) is 17.9. The van der Waals surface area contributed by atoms with Crippen molar-refractivity contribution in [3.63, 3.8) is 0 Å². The Bertz CT molecular complexity index is 719. The average molecular weight is 327 g/mol. The van der Waals surface area contributed by atoms with E-state index >= 15 is 0 Å². The van der Waals surface area contributed by atoms with Crippen LogP contribution in [0.2, 0.25) is 0 Å². The van der Waals surface area contributed by atoms with E-state index in [0.29, 0.717) is 5.82 Å². The SMILES string of the molecule is CC(C)c1cc(Nc2cccnn2)cc(C(C)(C)C)c1CC(=O)O. The van der Waals surface area contributed by atoms with Gasteiger partial charge in [-0.15, -0.1) is 5.10 Å². The number of carboxylic acids is 1. The molecule has 5 nitrogen and oxygen atoms in total. The second kappa shape index (κ2) is 6.99. The van der Waals surface area contributed by atoms with Gasteiger partial charge in [0.1, 0.15) is 0 Å². The van der Waals surface area contributed by atoms with Crippen LogP contribution in [0.3, 0.4) is 0 Å². The van der Waals surface area contributed by atoms with Gasteiger partial charge in [-0.3, -0.25) is 4.79 Å². The first-order valence-corrected chi connectivity index (χ1v) is 8.12. The number of carbonyl (C=O) groups is 1. The van der Waals surface area contributed by atoms with Crippen LogP contribution in [0.4, 0.5) is 11.5 Å². The maximum Gasteiger partial charge on any atom is 0.307 e. The second-order valence-corrected chi connectivity index (χ2v) is 7.30. The Morgan fingerprint density at radius 3 is 2.50 bits per heavy atom. The molecule has 1 aromatic heterocycles. The van der Waals surface area contributed by atoms with E-state index in [4.69, 9.17) is 0 Å². The highest BCUT2D eigenvalue weighted by Gasteiger charge is 2.24. The standard InChI is InChI=1S/C19H25N3O2/c1-12(2)14-9-13(21-17-7-6-8-20-22-17)10-16(19(3,4)5)15(14)11-18(23)24/h6-10,12H,11H2,1-5H3,(H,21,22)(H,23,24). The van der Waals surface area contributed by atoms with E-state index in [1.54, 1.807) is 6.20 Å². The molecule has 0 amide bonds. The Morgan fingerprint density at radius 1 is 1.29 bits per heavy atom. The molecule has 0 aliphatic carbocycles. The van der Waals surface area contributed by atoms with Crippen molar-refractivity contribution in [3.8, 4) is 0 Å². The van der Waals surface area contributed by atoms with Crippen LogP contribution in [-0.4, -0.2) is 21.3 Å². The molecule has 0 aliphatic heterocycles. The summed E-state index contributed by atoms with van der Waals surface area (Å²) in [6, 6.07) is 7.72. The summed E-state index contributed by atoms with van der Waals surface area (Å²) in [5.41, 5.74) is 3.75. The molecule has 1 aromatic carbocycles. The number of rotatable bonds is 5. The Labute approximate surface area is 143 Å². The van der Waals surface area contributed by atoms with Crippen LogP contribution in [0.15, 0.2) is 30.5 Å². The highest BCUT2D eigenvalue weighted by atomic mass is 16.4. The molecule has 0 saturated carbocycles. The number of aliphatic carboxylic acids is 1. The molecule has 1 heterocycles. The van der Waals surface area contributed by atoms with E-state index in [9.17, 15) is 9.90 Å². The zero-order valence-electron chi connectivity index (χ0n) is 14.9. The lowest BCUT2D eigenvalue weighted by Crippen LogP contribution is -2.19. The summed E-state index contributed by atoms with van der Waals surface area (Å²) in [6.07, 6.45) is 1.66. The molecule has 0 bridgehead atoms. The predicted octanol–water partition coefficient (Wildman–Crippen LogP) is 4.27. The lowest BCUT2D eigenvalue weighted by Gasteiger charge is -2.27. The molecular formula is C19H25N3O2. The minimum absolute atomic E-state index is 0.0333. The van der Waals surface area contributed by atoms with Crippen LogP contribution < -0.4 is 5.32 Å². The number of nitrogens with zero attached hydrogens (tertiary/aromatic N) is 2. The lowest BCUT2D eigenvalue weighted by molar-refractivity contribution is -0.136. The van der Waals surface area contributed by atoms with Gasteiger partial charge in [-0.1, -0.05) is 34.6 Å². The summed E-state index contributed by atoms with van der Waals surface area (Å²) < 4.78 is 0. The first-order chi connectivity index (χ1) is 11.2. The zero-order valence-corrected chi connectivity index (χ0v) is 14.9. The Kier molecular flexibility index (Phi) is 5.22. The maximum atomic E-state index is 11.4. The van der Waals surface area contributed by atoms with Gasteiger partial charge in [-0.2, -0.15) is 5.10 Å². The van der Waals surface area contributed by atoms with Gasteiger partial charge in [-0.05, 0) is 52.3 Å². The van der Waals surface area contributed by atoms with E-state index in [1.165, 1.54) is 0 Å². The summed E-state index contributed by atoms with van der Waals surface area (Å²) in [5.74, 6) is 0.0825. The molecule has 0 unspecified atom stereocenters. The molecule has 2 aromatic rings. The van der Waals surface area contributed by atoms with Gasteiger partial charge < -0.3 is 10.4 Å². The van der Waals surface area contributed by atoms with E-state index in [-0.39, 0.29) is 17.8 Å². The number of carboxylic acid groups (broad SMARTS) is 1. The normalized spacial score (nSPS) is 11.6. The molecule has 0 aliphatic rings. The summed E-state index contributed by atoms with van der Waals surface area (Å²) in [4.78, 5) is 11.4. The topological polar surface area (TPSA) is 75.1 Å². The van der Waals surface area contributed by atoms with E-state index in [0.717, 1.165) is 22.4 Å². The van der Waals surface area contributed by atoms with Crippen molar-refractivity contribution in [3.05, 3.63) is 47.2 Å². The fourth-order valence-electron chi connectivity index (χ4n) is 2.82. The highest BCUT2D eigenvalue weighted by Crippen LogP contribution is 2.35. The molecule has 0 saturated heterocycles. The van der Waals surface area contributed by atoms with Gasteiger partial charge >= 0.3 is 5.97 Å². The first-order valence-electron chi connectivity index (χ1n) is 8.12. The van der Waals surface area contributed by atoms with Crippen molar-refractivity contribution in [2.45, 2.75) is 52.4 Å². The fraction of sp³-hybridized carbons (Fsp3) is 0.421. The number of benzene rings is 1. The van der Waals surface area contributed by atoms with Gasteiger partial charge in [-0.25, -0.2) is 0 Å². The minimum Gasteiger partial charge on any atom is -0.481 e. The van der Waals surface area contributed by atoms with E-state index in [2.05, 4.69) is 50.1 Å². The summed E-state index contributed by atoms with van der Waals surface area (Å²) in [5, 5.41) is 20.5. The van der Waals surface area contributed by atoms with Crippen molar-refractivity contribution < 1.29 is 9.90 Å². The third-order valence-corrected chi connectivity index (χ3v) is 3.89. The Balaban J connectivity index is 2.58. The van der Waals surface area contributed by atoms with Crippen LogP contribution in [-0.2, 0) is 16.6 Å². The molecule has 2 rings (SSSR count). The number of hydrogen-bond donors (Lipinski definition) is 2. The predicted molar refractivity (Wildman–Crippen MR) is 95.9 cm³/mol. The molecule has 5 heteroatoms. The maximum absolute atomic E-state index is 11.4. The van der Waals surface area contributed by atoms with Gasteiger partial charge in [0.2, 0.25) is 0 Å². The van der Waals surface area contributed by atoms with Crippen molar-refractivity contribution >= 4 is 17.5 Å². The number of anilines is 2. The monoisotopic (exact) mass is 327 g/mol. The van der Waals surface area contributed by atoms with Crippen LogP contribution in [0.1, 0.15) is 57.2 Å². The fourth-order valence-corrected chi connectivity index (χ4v) is 2.82. The van der Waals surface area contributed by atoms with E-state index in [1.807, 2.05) is 24.3 Å². The van der Waals surface area contributed by atoms with Crippen molar-refractivity contribution in [1.82, 2.24) is 10.2 Å². The van der Waals surface area contributed by atoms with Crippen molar-refractivity contribution in [2.24, 2.45) is 0 Å². The molecular weight excluding hydrogens is 302 g/mol. The van der Waals surface area contributed by atoms with Gasteiger partial charge in [0.25, 0.3) is 0 Å².